The highest BCUT2D eigenvalue weighted by atomic mass is 35.5. The summed E-state index contributed by atoms with van der Waals surface area (Å²) in [6, 6.07) is 9.71. The van der Waals surface area contributed by atoms with E-state index in [1.54, 1.807) is 38.1 Å². The number of carbonyl (C=O) groups is 2. The summed E-state index contributed by atoms with van der Waals surface area (Å²) in [6.07, 6.45) is 1.39. The van der Waals surface area contributed by atoms with Crippen molar-refractivity contribution in [1.29, 1.82) is 0 Å². The summed E-state index contributed by atoms with van der Waals surface area (Å²) >= 11 is 6.06. The molecule has 8 heteroatoms. The number of pyridine rings is 1. The van der Waals surface area contributed by atoms with E-state index < -0.39 is 11.8 Å². The van der Waals surface area contributed by atoms with Crippen LogP contribution in [0.3, 0.4) is 0 Å². The fourth-order valence-corrected chi connectivity index (χ4v) is 2.41. The van der Waals surface area contributed by atoms with Crippen molar-refractivity contribution in [3.63, 3.8) is 0 Å². The third-order valence-corrected chi connectivity index (χ3v) is 4.05. The average molecular weight is 371 g/mol. The average Bonchev–Trinajstić information content (AvgIpc) is 3.03. The highest BCUT2D eigenvalue weighted by molar-refractivity contribution is 6.31. The van der Waals surface area contributed by atoms with Crippen LogP contribution in [0.1, 0.15) is 32.2 Å². The van der Waals surface area contributed by atoms with E-state index in [4.69, 9.17) is 16.1 Å². The highest BCUT2D eigenvalue weighted by Crippen LogP contribution is 2.23. The van der Waals surface area contributed by atoms with Crippen molar-refractivity contribution < 1.29 is 14.1 Å². The van der Waals surface area contributed by atoms with E-state index in [1.165, 1.54) is 18.3 Å². The van der Waals surface area contributed by atoms with Gasteiger partial charge in [-0.3, -0.25) is 14.6 Å². The molecular formula is C18H15ClN4O3. The first-order chi connectivity index (χ1) is 12.4. The van der Waals surface area contributed by atoms with Gasteiger partial charge < -0.3 is 15.2 Å². The molecule has 7 nitrogen and oxygen atoms in total. The molecule has 0 unspecified atom stereocenters. The molecule has 0 bridgehead atoms. The van der Waals surface area contributed by atoms with Crippen molar-refractivity contribution >= 4 is 34.9 Å². The summed E-state index contributed by atoms with van der Waals surface area (Å²) in [6.45, 7) is 3.52. The van der Waals surface area contributed by atoms with Crippen LogP contribution >= 0.6 is 11.6 Å². The maximum Gasteiger partial charge on any atom is 0.274 e. The summed E-state index contributed by atoms with van der Waals surface area (Å²) < 4.78 is 4.90. The molecule has 0 atom stereocenters. The molecule has 3 rings (SSSR count). The first-order valence-electron chi connectivity index (χ1n) is 7.71. The lowest BCUT2D eigenvalue weighted by molar-refractivity contribution is 0.102. The van der Waals surface area contributed by atoms with Gasteiger partial charge in [-0.2, -0.15) is 0 Å². The lowest BCUT2D eigenvalue weighted by atomic mass is 10.1. The second-order valence-corrected chi connectivity index (χ2v) is 5.98. The second-order valence-electron chi connectivity index (χ2n) is 5.57. The predicted molar refractivity (Wildman–Crippen MR) is 97.6 cm³/mol. The van der Waals surface area contributed by atoms with E-state index in [2.05, 4.69) is 20.8 Å². The third-order valence-electron chi connectivity index (χ3n) is 3.64. The van der Waals surface area contributed by atoms with Crippen molar-refractivity contribution in [2.75, 3.05) is 10.6 Å². The molecule has 26 heavy (non-hydrogen) atoms. The number of amides is 2. The molecule has 0 saturated heterocycles. The summed E-state index contributed by atoms with van der Waals surface area (Å²) in [7, 11) is 0. The topological polar surface area (TPSA) is 97.1 Å². The fraction of sp³-hybridized carbons (Fsp3) is 0.111. The van der Waals surface area contributed by atoms with Gasteiger partial charge in [0.1, 0.15) is 11.5 Å². The zero-order valence-electron chi connectivity index (χ0n) is 14.0. The van der Waals surface area contributed by atoms with Gasteiger partial charge in [-0.1, -0.05) is 22.8 Å². The van der Waals surface area contributed by atoms with Gasteiger partial charge in [0.15, 0.2) is 5.82 Å². The number of aromatic nitrogens is 2. The van der Waals surface area contributed by atoms with Gasteiger partial charge in [0, 0.05) is 28.5 Å². The molecule has 0 aliphatic rings. The maximum atomic E-state index is 12.4. The monoisotopic (exact) mass is 370 g/mol. The summed E-state index contributed by atoms with van der Waals surface area (Å²) in [4.78, 5) is 28.7. The minimum Gasteiger partial charge on any atom is -0.360 e. The maximum absolute atomic E-state index is 12.4. The van der Waals surface area contributed by atoms with E-state index in [0.29, 0.717) is 22.3 Å². The SMILES string of the molecule is Cc1cc(NC(=O)c2ccnc(C(=O)Nc3cccc(Cl)c3C)c2)no1. The van der Waals surface area contributed by atoms with Gasteiger partial charge in [-0.05, 0) is 43.7 Å². The predicted octanol–water partition coefficient (Wildman–Crippen LogP) is 3.84. The minimum absolute atomic E-state index is 0.105. The number of halogens is 1. The number of rotatable bonds is 4. The van der Waals surface area contributed by atoms with Gasteiger partial charge in [-0.15, -0.1) is 0 Å². The molecule has 2 N–H and O–H groups in total. The van der Waals surface area contributed by atoms with Crippen molar-refractivity contribution in [2.45, 2.75) is 13.8 Å². The van der Waals surface area contributed by atoms with E-state index in [-0.39, 0.29) is 11.3 Å². The van der Waals surface area contributed by atoms with Crippen LogP contribution in [-0.4, -0.2) is 22.0 Å². The van der Waals surface area contributed by atoms with Gasteiger partial charge in [-0.25, -0.2) is 0 Å². The number of anilines is 2. The van der Waals surface area contributed by atoms with Gasteiger partial charge >= 0.3 is 0 Å². The third kappa shape index (κ3) is 3.89. The Morgan fingerprint density at radius 3 is 2.62 bits per heavy atom. The summed E-state index contributed by atoms with van der Waals surface area (Å²) in [5.41, 5.74) is 1.71. The summed E-state index contributed by atoms with van der Waals surface area (Å²) in [5, 5.41) is 9.58. The van der Waals surface area contributed by atoms with Gasteiger partial charge in [0.25, 0.3) is 11.8 Å². The number of aryl methyl sites for hydroxylation is 1. The first-order valence-corrected chi connectivity index (χ1v) is 8.09. The molecule has 0 spiro atoms. The molecule has 0 fully saturated rings. The van der Waals surface area contributed by atoms with Gasteiger partial charge in [0.2, 0.25) is 0 Å². The normalized spacial score (nSPS) is 10.4. The Bertz CT molecular complexity index is 984. The van der Waals surface area contributed by atoms with Crippen LogP contribution in [0.25, 0.3) is 0 Å². The number of benzene rings is 1. The van der Waals surface area contributed by atoms with E-state index >= 15 is 0 Å². The van der Waals surface area contributed by atoms with Crippen molar-refractivity contribution in [1.82, 2.24) is 10.1 Å². The van der Waals surface area contributed by atoms with Crippen LogP contribution in [0.4, 0.5) is 11.5 Å². The zero-order chi connectivity index (χ0) is 18.7. The van der Waals surface area contributed by atoms with Gasteiger partial charge in [0.05, 0.1) is 0 Å². The molecule has 0 aliphatic heterocycles. The van der Waals surface area contributed by atoms with E-state index in [1.807, 2.05) is 0 Å². The Hall–Kier alpha value is -3.19. The van der Waals surface area contributed by atoms with E-state index in [0.717, 1.165) is 5.56 Å². The largest absolute Gasteiger partial charge is 0.360 e. The molecule has 3 aromatic rings. The molecular weight excluding hydrogens is 356 g/mol. The molecule has 2 heterocycles. The number of nitrogens with one attached hydrogen (secondary N) is 2. The molecule has 0 radical (unpaired) electrons. The van der Waals surface area contributed by atoms with Crippen LogP contribution in [0.2, 0.25) is 5.02 Å². The molecule has 1 aromatic carbocycles. The Morgan fingerprint density at radius 2 is 1.88 bits per heavy atom. The number of carbonyl (C=O) groups excluding carboxylic acids is 2. The van der Waals surface area contributed by atoms with Crippen LogP contribution in [-0.2, 0) is 0 Å². The fourth-order valence-electron chi connectivity index (χ4n) is 2.24. The van der Waals surface area contributed by atoms with Crippen LogP contribution in [0, 0.1) is 13.8 Å². The quantitative estimate of drug-likeness (QED) is 0.727. The molecule has 2 aromatic heterocycles. The standard InChI is InChI=1S/C18H15ClN4O3/c1-10-8-16(23-26-10)22-17(24)12-6-7-20-15(9-12)18(25)21-14-5-3-4-13(19)11(14)2/h3-9H,1-2H3,(H,21,25)(H,22,23,24). The Labute approximate surface area is 154 Å². The zero-order valence-corrected chi connectivity index (χ0v) is 14.8. The smallest absolute Gasteiger partial charge is 0.274 e. The van der Waals surface area contributed by atoms with Crippen LogP contribution in [0.15, 0.2) is 47.1 Å². The Morgan fingerprint density at radius 1 is 1.08 bits per heavy atom. The Kier molecular flexibility index (Phi) is 4.99. The lowest BCUT2D eigenvalue weighted by Gasteiger charge is -2.09. The van der Waals surface area contributed by atoms with Crippen LogP contribution < -0.4 is 10.6 Å². The van der Waals surface area contributed by atoms with Crippen molar-refractivity contribution in [3.05, 3.63) is 70.2 Å². The van der Waals surface area contributed by atoms with E-state index in [9.17, 15) is 9.59 Å². The van der Waals surface area contributed by atoms with Crippen LogP contribution in [0.5, 0.6) is 0 Å². The molecule has 132 valence electrons. The van der Waals surface area contributed by atoms with Crippen molar-refractivity contribution in [2.24, 2.45) is 0 Å². The molecule has 2 amide bonds. The Balaban J connectivity index is 1.76. The summed E-state index contributed by atoms with van der Waals surface area (Å²) in [5.74, 6) is 0.00726. The molecule has 0 aliphatic carbocycles. The molecule has 0 saturated carbocycles. The second kappa shape index (κ2) is 7.37. The minimum atomic E-state index is -0.442. The number of nitrogens with zero attached hydrogens (tertiary/aromatic N) is 2. The van der Waals surface area contributed by atoms with Crippen molar-refractivity contribution in [3.8, 4) is 0 Å². The lowest BCUT2D eigenvalue weighted by Crippen LogP contribution is -2.17. The highest BCUT2D eigenvalue weighted by Gasteiger charge is 2.14. The first kappa shape index (κ1) is 17.6. The number of hydrogen-bond donors (Lipinski definition) is 2. The number of hydrogen-bond acceptors (Lipinski definition) is 5.